The van der Waals surface area contributed by atoms with Gasteiger partial charge in [-0.2, -0.15) is 0 Å². The monoisotopic (exact) mass is 404 g/mol. The summed E-state index contributed by atoms with van der Waals surface area (Å²) in [4.78, 5) is 28.9. The van der Waals surface area contributed by atoms with Gasteiger partial charge in [0.2, 0.25) is 0 Å². The molecule has 24 heavy (non-hydrogen) atoms. The third-order valence-electron chi connectivity index (χ3n) is 3.30. The van der Waals surface area contributed by atoms with Gasteiger partial charge in [0.15, 0.2) is 0 Å². The van der Waals surface area contributed by atoms with E-state index in [4.69, 9.17) is 23.2 Å². The molecule has 3 aromatic rings. The fraction of sp³-hybridized carbons (Fsp3) is 0.143. The van der Waals surface area contributed by atoms with Crippen LogP contribution in [0.4, 0.5) is 0 Å². The third-order valence-corrected chi connectivity index (χ3v) is 7.11. The third kappa shape index (κ3) is 3.42. The van der Waals surface area contributed by atoms with Gasteiger partial charge in [0.25, 0.3) is 5.56 Å². The molecule has 2 aromatic heterocycles. The molecule has 2 heterocycles. The number of hydrogen-bond donors (Lipinski definition) is 2. The Balaban J connectivity index is 2.02. The van der Waals surface area contributed by atoms with Crippen molar-refractivity contribution < 1.29 is 14.0 Å². The molecule has 0 saturated carbocycles. The van der Waals surface area contributed by atoms with Crippen LogP contribution in [0, 0.1) is 0 Å². The van der Waals surface area contributed by atoms with Crippen LogP contribution in [0.25, 0.3) is 10.2 Å². The van der Waals surface area contributed by atoms with Crippen LogP contribution < -0.4 is 10.2 Å². The first-order valence-electron chi connectivity index (χ1n) is 6.66. The molecule has 1 aromatic carbocycles. The highest BCUT2D eigenvalue weighted by Gasteiger charge is 2.25. The van der Waals surface area contributed by atoms with Gasteiger partial charge in [-0.25, -0.2) is 4.98 Å². The minimum Gasteiger partial charge on any atom is -0.320 e. The molecule has 0 fully saturated rings. The summed E-state index contributed by atoms with van der Waals surface area (Å²) in [6.45, 7) is 0. The van der Waals surface area contributed by atoms with Gasteiger partial charge in [-0.05, 0) is 23.8 Å². The summed E-state index contributed by atoms with van der Waals surface area (Å²) < 4.78 is 16.8. The quantitative estimate of drug-likeness (QED) is 0.650. The second-order valence-electron chi connectivity index (χ2n) is 4.94. The van der Waals surface area contributed by atoms with Crippen LogP contribution in [-0.2, 0) is 15.5 Å². The van der Waals surface area contributed by atoms with Crippen molar-refractivity contribution in [3.8, 4) is 0 Å². The Morgan fingerprint density at radius 3 is 2.75 bits per heavy atom. The fourth-order valence-electron chi connectivity index (χ4n) is 2.13. The second-order valence-corrected chi connectivity index (χ2v) is 9.00. The molecule has 2 N–H and O–H groups in total. The molecule has 0 amide bonds. The number of benzene rings is 1. The van der Waals surface area contributed by atoms with Crippen LogP contribution in [0.3, 0.4) is 0 Å². The zero-order valence-electron chi connectivity index (χ0n) is 12.2. The first kappa shape index (κ1) is 17.6. The van der Waals surface area contributed by atoms with Crippen molar-refractivity contribution in [2.75, 3.05) is 7.11 Å². The normalized spacial score (nSPS) is 14.0. The maximum Gasteiger partial charge on any atom is 0.368 e. The van der Waals surface area contributed by atoms with Crippen molar-refractivity contribution in [2.45, 2.75) is 6.42 Å². The van der Waals surface area contributed by atoms with Crippen LogP contribution in [0.5, 0.6) is 0 Å². The first-order chi connectivity index (χ1) is 11.3. The second kappa shape index (κ2) is 6.59. The van der Waals surface area contributed by atoms with E-state index in [2.05, 4.69) is 14.5 Å². The summed E-state index contributed by atoms with van der Waals surface area (Å²) in [7, 11) is -2.78. The van der Waals surface area contributed by atoms with Gasteiger partial charge >= 0.3 is 7.60 Å². The molecule has 0 saturated heterocycles. The van der Waals surface area contributed by atoms with E-state index in [9.17, 15) is 14.3 Å². The minimum atomic E-state index is -3.92. The summed E-state index contributed by atoms with van der Waals surface area (Å²) in [6.07, 6.45) is 0.342. The van der Waals surface area contributed by atoms with E-state index in [1.54, 1.807) is 18.2 Å². The van der Waals surface area contributed by atoms with Gasteiger partial charge in [-0.3, -0.25) is 9.36 Å². The van der Waals surface area contributed by atoms with Crippen molar-refractivity contribution in [3.05, 3.63) is 56.1 Å². The highest BCUT2D eigenvalue weighted by molar-refractivity contribution is 7.68. The predicted molar refractivity (Wildman–Crippen MR) is 96.0 cm³/mol. The minimum absolute atomic E-state index is 0.0738. The van der Waals surface area contributed by atoms with Gasteiger partial charge in [0.1, 0.15) is 15.1 Å². The van der Waals surface area contributed by atoms with Crippen LogP contribution in [-0.4, -0.2) is 22.0 Å². The number of fused-ring (bicyclic) bond motifs is 1. The molecule has 6 nitrogen and oxygen atoms in total. The van der Waals surface area contributed by atoms with E-state index in [1.807, 2.05) is 0 Å². The summed E-state index contributed by atoms with van der Waals surface area (Å²) in [5.74, 6) is 0.417. The van der Waals surface area contributed by atoms with Crippen LogP contribution in [0.2, 0.25) is 10.0 Å². The average Bonchev–Trinajstić information content (AvgIpc) is 2.96. The smallest absolute Gasteiger partial charge is 0.320 e. The number of halogens is 2. The maximum absolute atomic E-state index is 12.2. The fourth-order valence-corrected chi connectivity index (χ4v) is 4.61. The lowest BCUT2D eigenvalue weighted by atomic mass is 10.1. The molecule has 0 bridgehead atoms. The van der Waals surface area contributed by atoms with E-state index in [0.717, 1.165) is 24.0 Å². The lowest BCUT2D eigenvalue weighted by molar-refractivity contribution is 0.328. The number of aromatic amines is 1. The van der Waals surface area contributed by atoms with E-state index in [-0.39, 0.29) is 14.9 Å². The number of nitrogens with zero attached hydrogens (tertiary/aromatic N) is 1. The zero-order chi connectivity index (χ0) is 17.5. The topological polar surface area (TPSA) is 92.3 Å². The Hall–Kier alpha value is -1.21. The lowest BCUT2D eigenvalue weighted by Gasteiger charge is -2.03. The number of thiophene rings is 1. The van der Waals surface area contributed by atoms with E-state index in [1.165, 1.54) is 6.07 Å². The van der Waals surface area contributed by atoms with Crippen LogP contribution >= 0.6 is 42.1 Å². The molecule has 1 unspecified atom stereocenters. The molecule has 126 valence electrons. The Labute approximate surface area is 150 Å². The number of nitrogens with one attached hydrogen (secondary N) is 1. The Kier molecular flexibility index (Phi) is 4.84. The van der Waals surface area contributed by atoms with Gasteiger partial charge < -0.3 is 14.4 Å². The van der Waals surface area contributed by atoms with E-state index < -0.39 is 7.60 Å². The Morgan fingerprint density at radius 1 is 1.33 bits per heavy atom. The van der Waals surface area contributed by atoms with Crippen molar-refractivity contribution in [2.24, 2.45) is 0 Å². The predicted octanol–water partition coefficient (Wildman–Crippen LogP) is 3.34. The molecular weight excluding hydrogens is 394 g/mol. The lowest BCUT2D eigenvalue weighted by Crippen LogP contribution is -2.10. The number of H-pyrrole nitrogens is 1. The summed E-state index contributed by atoms with van der Waals surface area (Å²) in [6, 6.07) is 6.54. The van der Waals surface area contributed by atoms with Gasteiger partial charge in [-0.15, -0.1) is 11.3 Å². The van der Waals surface area contributed by atoms with Crippen molar-refractivity contribution in [1.82, 2.24) is 9.97 Å². The first-order valence-corrected chi connectivity index (χ1v) is 9.81. The summed E-state index contributed by atoms with van der Waals surface area (Å²) in [5, 5.41) is 0.856. The molecule has 0 aliphatic heterocycles. The Bertz CT molecular complexity index is 1030. The van der Waals surface area contributed by atoms with E-state index >= 15 is 0 Å². The SMILES string of the molecule is COP(=O)(O)c1cc2nc(Cc3ccc(Cl)c(Cl)c3)[nH]c(=O)c2s1. The molecule has 1 atom stereocenters. The molecular formula is C14H11Cl2N2O4PS. The maximum atomic E-state index is 12.2. The Morgan fingerprint density at radius 2 is 2.08 bits per heavy atom. The molecule has 3 rings (SSSR count). The average molecular weight is 405 g/mol. The number of rotatable bonds is 4. The molecule has 0 aliphatic rings. The molecule has 0 spiro atoms. The highest BCUT2D eigenvalue weighted by atomic mass is 35.5. The number of aromatic nitrogens is 2. The van der Waals surface area contributed by atoms with Crippen LogP contribution in [0.1, 0.15) is 11.4 Å². The van der Waals surface area contributed by atoms with Crippen molar-refractivity contribution >= 4 is 57.0 Å². The van der Waals surface area contributed by atoms with Crippen LogP contribution in [0.15, 0.2) is 29.1 Å². The van der Waals surface area contributed by atoms with Gasteiger partial charge in [-0.1, -0.05) is 29.3 Å². The molecule has 10 heteroatoms. The molecule has 0 radical (unpaired) electrons. The van der Waals surface area contributed by atoms with Crippen molar-refractivity contribution in [3.63, 3.8) is 0 Å². The zero-order valence-corrected chi connectivity index (χ0v) is 15.5. The number of hydrogen-bond acceptors (Lipinski definition) is 5. The van der Waals surface area contributed by atoms with Gasteiger partial charge in [0, 0.05) is 13.5 Å². The largest absolute Gasteiger partial charge is 0.368 e. The van der Waals surface area contributed by atoms with Gasteiger partial charge in [0.05, 0.1) is 15.6 Å². The summed E-state index contributed by atoms with van der Waals surface area (Å²) >= 11 is 12.8. The van der Waals surface area contributed by atoms with Crippen molar-refractivity contribution in [1.29, 1.82) is 0 Å². The highest BCUT2D eigenvalue weighted by Crippen LogP contribution is 2.42. The standard InChI is InChI=1S/C14H11Cl2N2O4PS/c1-22-23(20,21)12-6-10-13(24-12)14(19)18-11(17-10)5-7-2-3-8(15)9(16)4-7/h2-4,6H,5H2,1H3,(H,20,21)(H,17,18,19). The summed E-state index contributed by atoms with van der Waals surface area (Å²) in [5.41, 5.74) is 0.801. The molecule has 0 aliphatic carbocycles. The van der Waals surface area contributed by atoms with E-state index in [0.29, 0.717) is 27.8 Å².